The zero-order valence-electron chi connectivity index (χ0n) is 15.4. The monoisotopic (exact) mass is 351 g/mol. The molecule has 0 bridgehead atoms. The van der Waals surface area contributed by atoms with Gasteiger partial charge >= 0.3 is 0 Å². The molecule has 0 radical (unpaired) electrons. The van der Waals surface area contributed by atoms with Crippen LogP contribution < -0.4 is 5.32 Å². The summed E-state index contributed by atoms with van der Waals surface area (Å²) in [6.07, 6.45) is 2.99. The van der Waals surface area contributed by atoms with Gasteiger partial charge in [0.05, 0.1) is 30.2 Å². The number of nitrogens with one attached hydrogen (secondary N) is 1. The van der Waals surface area contributed by atoms with Crippen molar-refractivity contribution in [2.75, 3.05) is 13.1 Å². The lowest BCUT2D eigenvalue weighted by Gasteiger charge is -2.35. The van der Waals surface area contributed by atoms with Crippen LogP contribution in [0.15, 0.2) is 36.7 Å². The van der Waals surface area contributed by atoms with E-state index in [-0.39, 0.29) is 18.0 Å². The summed E-state index contributed by atoms with van der Waals surface area (Å²) in [5.41, 5.74) is 3.17. The number of nitriles is 1. The Morgan fingerprint density at radius 2 is 2.15 bits per heavy atom. The SMILES string of the molecule is CC(C)n1cnc2c1[C@H](C(=O)NCCC#N)N(Cc1ccccc1)CC2. The number of imidazole rings is 1. The first-order valence-electron chi connectivity index (χ1n) is 9.10. The summed E-state index contributed by atoms with van der Waals surface area (Å²) in [7, 11) is 0. The molecule has 6 heteroatoms. The third-order valence-electron chi connectivity index (χ3n) is 4.74. The molecule has 0 saturated carbocycles. The molecule has 2 aromatic rings. The normalized spacial score (nSPS) is 16.9. The molecule has 26 heavy (non-hydrogen) atoms. The van der Waals surface area contributed by atoms with E-state index < -0.39 is 0 Å². The highest BCUT2D eigenvalue weighted by atomic mass is 16.2. The Morgan fingerprint density at radius 1 is 1.38 bits per heavy atom. The summed E-state index contributed by atoms with van der Waals surface area (Å²) in [5, 5.41) is 11.7. The minimum Gasteiger partial charge on any atom is -0.353 e. The number of amides is 1. The quantitative estimate of drug-likeness (QED) is 0.812. The van der Waals surface area contributed by atoms with E-state index >= 15 is 0 Å². The third-order valence-corrected chi connectivity index (χ3v) is 4.74. The van der Waals surface area contributed by atoms with E-state index in [0.717, 1.165) is 24.4 Å². The summed E-state index contributed by atoms with van der Waals surface area (Å²) in [4.78, 5) is 19.8. The van der Waals surface area contributed by atoms with Crippen LogP contribution in [0.4, 0.5) is 0 Å². The van der Waals surface area contributed by atoms with Crippen molar-refractivity contribution in [2.45, 2.75) is 45.3 Å². The molecule has 0 spiro atoms. The van der Waals surface area contributed by atoms with Crippen molar-refractivity contribution in [1.29, 1.82) is 5.26 Å². The van der Waals surface area contributed by atoms with Crippen molar-refractivity contribution >= 4 is 5.91 Å². The number of carbonyl (C=O) groups is 1. The van der Waals surface area contributed by atoms with Crippen LogP contribution in [0.5, 0.6) is 0 Å². The summed E-state index contributed by atoms with van der Waals surface area (Å²) in [6, 6.07) is 12.1. The molecule has 1 aromatic carbocycles. The van der Waals surface area contributed by atoms with E-state index in [9.17, 15) is 4.79 Å². The summed E-state index contributed by atoms with van der Waals surface area (Å²) < 4.78 is 2.10. The number of nitrogens with zero attached hydrogens (tertiary/aromatic N) is 4. The van der Waals surface area contributed by atoms with Gasteiger partial charge in [-0.2, -0.15) is 5.26 Å². The lowest BCUT2D eigenvalue weighted by molar-refractivity contribution is -0.127. The predicted molar refractivity (Wildman–Crippen MR) is 99.1 cm³/mol. The molecule has 1 N–H and O–H groups in total. The zero-order chi connectivity index (χ0) is 18.5. The first-order chi connectivity index (χ1) is 12.6. The molecule has 6 nitrogen and oxygen atoms in total. The van der Waals surface area contributed by atoms with Gasteiger partial charge in [-0.25, -0.2) is 4.98 Å². The maximum absolute atomic E-state index is 13.0. The minimum absolute atomic E-state index is 0.0560. The second-order valence-electron chi connectivity index (χ2n) is 6.89. The summed E-state index contributed by atoms with van der Waals surface area (Å²) >= 11 is 0. The fourth-order valence-electron chi connectivity index (χ4n) is 3.48. The summed E-state index contributed by atoms with van der Waals surface area (Å²) in [5.74, 6) is -0.0560. The van der Waals surface area contributed by atoms with E-state index in [1.807, 2.05) is 24.5 Å². The molecule has 1 aliphatic rings. The van der Waals surface area contributed by atoms with Crippen LogP contribution in [-0.4, -0.2) is 33.4 Å². The van der Waals surface area contributed by atoms with E-state index in [2.05, 4.69) is 51.8 Å². The highest BCUT2D eigenvalue weighted by Crippen LogP contribution is 2.32. The zero-order valence-corrected chi connectivity index (χ0v) is 15.4. The molecule has 1 atom stereocenters. The van der Waals surface area contributed by atoms with Crippen molar-refractivity contribution in [3.8, 4) is 6.07 Å². The average molecular weight is 351 g/mol. The van der Waals surface area contributed by atoms with Gasteiger partial charge in [0.2, 0.25) is 5.91 Å². The predicted octanol–water partition coefficient (Wildman–Crippen LogP) is 2.59. The van der Waals surface area contributed by atoms with Gasteiger partial charge in [0.1, 0.15) is 6.04 Å². The maximum atomic E-state index is 13.0. The Hall–Kier alpha value is -2.65. The molecule has 2 heterocycles. The Balaban J connectivity index is 1.92. The van der Waals surface area contributed by atoms with Gasteiger partial charge < -0.3 is 9.88 Å². The van der Waals surface area contributed by atoms with Gasteiger partial charge in [0, 0.05) is 32.1 Å². The standard InChI is InChI=1S/C20H25N5O/c1-15(2)25-14-23-17-9-12-24(13-16-7-4-3-5-8-16)19(18(17)25)20(26)22-11-6-10-21/h3-5,7-8,14-15,19H,6,9,11-13H2,1-2H3,(H,22,26)/t19-/m1/s1. The second kappa shape index (κ2) is 8.15. The number of aromatic nitrogens is 2. The van der Waals surface area contributed by atoms with E-state index in [4.69, 9.17) is 5.26 Å². The van der Waals surface area contributed by atoms with Crippen molar-refractivity contribution in [3.05, 3.63) is 53.6 Å². The Kier molecular flexibility index (Phi) is 5.69. The van der Waals surface area contributed by atoms with Crippen LogP contribution in [0.3, 0.4) is 0 Å². The van der Waals surface area contributed by atoms with Crippen LogP contribution in [0, 0.1) is 11.3 Å². The van der Waals surface area contributed by atoms with Crippen molar-refractivity contribution in [1.82, 2.24) is 19.8 Å². The van der Waals surface area contributed by atoms with Gasteiger partial charge in [-0.15, -0.1) is 0 Å². The van der Waals surface area contributed by atoms with Gasteiger partial charge in [-0.1, -0.05) is 30.3 Å². The van der Waals surface area contributed by atoms with Gasteiger partial charge in [-0.3, -0.25) is 9.69 Å². The molecule has 0 fully saturated rings. The van der Waals surface area contributed by atoms with Crippen molar-refractivity contribution in [2.24, 2.45) is 0 Å². The number of carbonyl (C=O) groups excluding carboxylic acids is 1. The number of hydrogen-bond donors (Lipinski definition) is 1. The highest BCUT2D eigenvalue weighted by Gasteiger charge is 2.36. The minimum atomic E-state index is -0.387. The Labute approximate surface area is 154 Å². The Bertz CT molecular complexity index is 790. The average Bonchev–Trinajstić information content (AvgIpc) is 3.07. The van der Waals surface area contributed by atoms with Crippen LogP contribution >= 0.6 is 0 Å². The number of rotatable bonds is 6. The molecule has 1 aromatic heterocycles. The molecule has 3 rings (SSSR count). The molecule has 0 aliphatic carbocycles. The first kappa shape index (κ1) is 18.2. The van der Waals surface area contributed by atoms with E-state index in [1.165, 1.54) is 5.56 Å². The second-order valence-corrected chi connectivity index (χ2v) is 6.89. The Morgan fingerprint density at radius 3 is 2.85 bits per heavy atom. The molecule has 1 aliphatic heterocycles. The van der Waals surface area contributed by atoms with Crippen LogP contribution in [-0.2, 0) is 17.8 Å². The number of benzene rings is 1. The van der Waals surface area contributed by atoms with E-state index in [0.29, 0.717) is 19.5 Å². The largest absolute Gasteiger partial charge is 0.353 e. The maximum Gasteiger partial charge on any atom is 0.243 e. The molecular weight excluding hydrogens is 326 g/mol. The molecule has 1 amide bonds. The molecule has 0 saturated heterocycles. The van der Waals surface area contributed by atoms with Crippen LogP contribution in [0.2, 0.25) is 0 Å². The van der Waals surface area contributed by atoms with Gasteiger partial charge in [0.15, 0.2) is 0 Å². The van der Waals surface area contributed by atoms with Gasteiger partial charge in [0.25, 0.3) is 0 Å². The lowest BCUT2D eigenvalue weighted by atomic mass is 10.00. The fraction of sp³-hybridized carbons (Fsp3) is 0.450. The lowest BCUT2D eigenvalue weighted by Crippen LogP contribution is -2.45. The highest BCUT2D eigenvalue weighted by molar-refractivity contribution is 5.83. The van der Waals surface area contributed by atoms with E-state index in [1.54, 1.807) is 0 Å². The van der Waals surface area contributed by atoms with Crippen LogP contribution in [0.1, 0.15) is 49.3 Å². The molecule has 0 unspecified atom stereocenters. The topological polar surface area (TPSA) is 74.0 Å². The third kappa shape index (κ3) is 3.78. The van der Waals surface area contributed by atoms with Crippen molar-refractivity contribution in [3.63, 3.8) is 0 Å². The molecular formula is C20H25N5O. The van der Waals surface area contributed by atoms with Gasteiger partial charge in [-0.05, 0) is 19.4 Å². The molecule has 136 valence electrons. The first-order valence-corrected chi connectivity index (χ1v) is 9.10. The number of fused-ring (bicyclic) bond motifs is 1. The number of hydrogen-bond acceptors (Lipinski definition) is 4. The summed E-state index contributed by atoms with van der Waals surface area (Å²) in [6.45, 7) is 6.06. The fourth-order valence-corrected chi connectivity index (χ4v) is 3.48. The van der Waals surface area contributed by atoms with Crippen molar-refractivity contribution < 1.29 is 4.79 Å². The smallest absolute Gasteiger partial charge is 0.243 e. The van der Waals surface area contributed by atoms with Crippen LogP contribution in [0.25, 0.3) is 0 Å².